The monoisotopic (exact) mass is 271 g/mol. The van der Waals surface area contributed by atoms with Gasteiger partial charge in [0.25, 0.3) is 0 Å². The number of rotatable bonds is 5. The molecule has 0 radical (unpaired) electrons. The van der Waals surface area contributed by atoms with E-state index in [4.69, 9.17) is 9.84 Å². The maximum atomic E-state index is 12.7. The second kappa shape index (κ2) is 5.03. The predicted octanol–water partition coefficient (Wildman–Crippen LogP) is 2.85. The average molecular weight is 271 g/mol. The summed E-state index contributed by atoms with van der Waals surface area (Å²) in [5.74, 6) is -3.22. The summed E-state index contributed by atoms with van der Waals surface area (Å²) in [6.07, 6.45) is -0.203. The van der Waals surface area contributed by atoms with Gasteiger partial charge in [-0.05, 0) is 24.1 Å². The summed E-state index contributed by atoms with van der Waals surface area (Å²) >= 11 is 0. The van der Waals surface area contributed by atoms with E-state index >= 15 is 0 Å². The molecule has 2 rings (SSSR count). The van der Waals surface area contributed by atoms with Gasteiger partial charge in [-0.3, -0.25) is 0 Å². The molecule has 1 aliphatic carbocycles. The first-order valence-corrected chi connectivity index (χ1v) is 5.94. The minimum absolute atomic E-state index is 0.0566. The number of ether oxygens (including phenoxy) is 1. The molecule has 0 amide bonds. The summed E-state index contributed by atoms with van der Waals surface area (Å²) in [7, 11) is 1.43. The van der Waals surface area contributed by atoms with Gasteiger partial charge in [0.15, 0.2) is 0 Å². The third-order valence-corrected chi connectivity index (χ3v) is 3.20. The van der Waals surface area contributed by atoms with Gasteiger partial charge < -0.3 is 15.2 Å². The van der Waals surface area contributed by atoms with Crippen molar-refractivity contribution in [3.05, 3.63) is 23.8 Å². The second-order valence-corrected chi connectivity index (χ2v) is 4.73. The highest BCUT2D eigenvalue weighted by Crippen LogP contribution is 2.42. The van der Waals surface area contributed by atoms with Crippen molar-refractivity contribution in [2.75, 3.05) is 19.0 Å². The number of carboxylic acids is 1. The van der Waals surface area contributed by atoms with Gasteiger partial charge in [-0.15, -0.1) is 0 Å². The van der Waals surface area contributed by atoms with E-state index in [0.717, 1.165) is 0 Å². The van der Waals surface area contributed by atoms with Crippen molar-refractivity contribution in [2.45, 2.75) is 18.8 Å². The fourth-order valence-corrected chi connectivity index (χ4v) is 2.15. The Morgan fingerprint density at radius 3 is 2.74 bits per heavy atom. The molecule has 6 heteroatoms. The number of aromatic carboxylic acids is 1. The molecule has 0 spiro atoms. The zero-order valence-electron chi connectivity index (χ0n) is 10.5. The van der Waals surface area contributed by atoms with Gasteiger partial charge in [-0.1, -0.05) is 0 Å². The molecule has 2 N–H and O–H groups in total. The first-order chi connectivity index (χ1) is 8.91. The second-order valence-electron chi connectivity index (χ2n) is 4.73. The first-order valence-electron chi connectivity index (χ1n) is 5.94. The minimum atomic E-state index is -2.52. The molecule has 1 saturated carbocycles. The lowest BCUT2D eigenvalue weighted by Crippen LogP contribution is -2.39. The zero-order chi connectivity index (χ0) is 14.0. The van der Waals surface area contributed by atoms with Crippen molar-refractivity contribution < 1.29 is 23.4 Å². The summed E-state index contributed by atoms with van der Waals surface area (Å²) in [4.78, 5) is 10.8. The van der Waals surface area contributed by atoms with Gasteiger partial charge >= 0.3 is 5.97 Å². The Bertz CT molecular complexity index is 483. The summed E-state index contributed by atoms with van der Waals surface area (Å²) in [5.41, 5.74) is 0.736. The van der Waals surface area contributed by atoms with E-state index in [9.17, 15) is 13.6 Å². The molecule has 4 nitrogen and oxygen atoms in total. The molecule has 1 aromatic carbocycles. The molecule has 0 unspecified atom stereocenters. The fraction of sp³-hybridized carbons (Fsp3) is 0.462. The van der Waals surface area contributed by atoms with Crippen LogP contribution in [0.5, 0.6) is 5.75 Å². The van der Waals surface area contributed by atoms with E-state index in [0.29, 0.717) is 18.0 Å². The molecule has 104 valence electrons. The van der Waals surface area contributed by atoms with Gasteiger partial charge in [0, 0.05) is 19.4 Å². The van der Waals surface area contributed by atoms with Crippen LogP contribution in [0, 0.1) is 5.92 Å². The predicted molar refractivity (Wildman–Crippen MR) is 66.1 cm³/mol. The lowest BCUT2D eigenvalue weighted by molar-refractivity contribution is -0.106. The number of nitrogens with one attached hydrogen (secondary N) is 1. The first kappa shape index (κ1) is 13.6. The molecule has 0 atom stereocenters. The lowest BCUT2D eigenvalue weighted by Gasteiger charge is -2.35. The van der Waals surface area contributed by atoms with Gasteiger partial charge in [-0.25, -0.2) is 13.6 Å². The molecule has 0 aliphatic heterocycles. The number of halogens is 2. The number of carboxylic acid groups (broad SMARTS) is 1. The molecular formula is C13H15F2NO3. The topological polar surface area (TPSA) is 58.6 Å². The number of anilines is 1. The smallest absolute Gasteiger partial charge is 0.335 e. The van der Waals surface area contributed by atoms with Crippen LogP contribution >= 0.6 is 0 Å². The standard InChI is InChI=1S/C13H15F2NO3/c1-19-11-4-9(12(17)18)2-3-10(11)16-7-8-5-13(14,15)6-8/h2-4,8,16H,5-7H2,1H3,(H,17,18). The molecule has 19 heavy (non-hydrogen) atoms. The van der Waals surface area contributed by atoms with E-state index in [1.807, 2.05) is 0 Å². The molecule has 0 saturated heterocycles. The highest BCUT2D eigenvalue weighted by atomic mass is 19.3. The molecule has 0 heterocycles. The van der Waals surface area contributed by atoms with E-state index in [-0.39, 0.29) is 24.3 Å². The Balaban J connectivity index is 1.98. The largest absolute Gasteiger partial charge is 0.495 e. The lowest BCUT2D eigenvalue weighted by atomic mass is 9.81. The number of alkyl halides is 2. The molecule has 1 aromatic rings. The Hall–Kier alpha value is -1.85. The van der Waals surface area contributed by atoms with Crippen LogP contribution in [0.2, 0.25) is 0 Å². The number of hydrogen-bond donors (Lipinski definition) is 2. The Kier molecular flexibility index (Phi) is 3.59. The highest BCUT2D eigenvalue weighted by molar-refractivity contribution is 5.89. The third-order valence-electron chi connectivity index (χ3n) is 3.20. The number of benzene rings is 1. The van der Waals surface area contributed by atoms with Crippen molar-refractivity contribution in [2.24, 2.45) is 5.92 Å². The quantitative estimate of drug-likeness (QED) is 0.864. The van der Waals surface area contributed by atoms with Crippen molar-refractivity contribution >= 4 is 11.7 Å². The molecule has 0 aromatic heterocycles. The fourth-order valence-electron chi connectivity index (χ4n) is 2.15. The van der Waals surface area contributed by atoms with Gasteiger partial charge in [0.05, 0.1) is 18.4 Å². The maximum absolute atomic E-state index is 12.7. The van der Waals surface area contributed by atoms with Crippen LogP contribution < -0.4 is 10.1 Å². The molecule has 0 bridgehead atoms. The number of carbonyl (C=O) groups is 1. The Morgan fingerprint density at radius 2 is 2.21 bits per heavy atom. The van der Waals surface area contributed by atoms with E-state index < -0.39 is 11.9 Å². The summed E-state index contributed by atoms with van der Waals surface area (Å²) in [6.45, 7) is 0.429. The maximum Gasteiger partial charge on any atom is 0.335 e. The van der Waals surface area contributed by atoms with Crippen LogP contribution in [0.3, 0.4) is 0 Å². The van der Waals surface area contributed by atoms with Crippen molar-refractivity contribution in [3.8, 4) is 5.75 Å². The van der Waals surface area contributed by atoms with Gasteiger partial charge in [0.1, 0.15) is 5.75 Å². The summed E-state index contributed by atoms with van der Waals surface area (Å²) in [5, 5.41) is 11.9. The zero-order valence-corrected chi connectivity index (χ0v) is 10.5. The normalized spacial score (nSPS) is 17.6. The molecule has 1 aliphatic rings. The SMILES string of the molecule is COc1cc(C(=O)O)ccc1NCC1CC(F)(F)C1. The number of methoxy groups -OCH3 is 1. The minimum Gasteiger partial charge on any atom is -0.495 e. The molecular weight excluding hydrogens is 256 g/mol. The number of hydrogen-bond acceptors (Lipinski definition) is 3. The highest BCUT2D eigenvalue weighted by Gasteiger charge is 2.44. The van der Waals surface area contributed by atoms with Crippen LogP contribution in [0.25, 0.3) is 0 Å². The van der Waals surface area contributed by atoms with Gasteiger partial charge in [0.2, 0.25) is 5.92 Å². The third kappa shape index (κ3) is 3.13. The van der Waals surface area contributed by atoms with E-state index in [2.05, 4.69) is 5.32 Å². The van der Waals surface area contributed by atoms with Gasteiger partial charge in [-0.2, -0.15) is 0 Å². The van der Waals surface area contributed by atoms with E-state index in [1.54, 1.807) is 6.07 Å². The Morgan fingerprint density at radius 1 is 1.53 bits per heavy atom. The summed E-state index contributed by atoms with van der Waals surface area (Å²) in [6, 6.07) is 4.43. The Labute approximate surface area is 109 Å². The van der Waals surface area contributed by atoms with Crippen LogP contribution in [0.15, 0.2) is 18.2 Å². The van der Waals surface area contributed by atoms with Crippen LogP contribution in [-0.2, 0) is 0 Å². The van der Waals surface area contributed by atoms with Crippen molar-refractivity contribution in [1.82, 2.24) is 0 Å². The van der Waals surface area contributed by atoms with Crippen LogP contribution in [0.1, 0.15) is 23.2 Å². The summed E-state index contributed by atoms with van der Waals surface area (Å²) < 4.78 is 30.5. The van der Waals surface area contributed by atoms with E-state index in [1.165, 1.54) is 19.2 Å². The van der Waals surface area contributed by atoms with Crippen molar-refractivity contribution in [3.63, 3.8) is 0 Å². The average Bonchev–Trinajstić information content (AvgIpc) is 2.33. The van der Waals surface area contributed by atoms with Crippen LogP contribution in [-0.4, -0.2) is 30.7 Å². The van der Waals surface area contributed by atoms with Crippen molar-refractivity contribution in [1.29, 1.82) is 0 Å². The van der Waals surface area contributed by atoms with Crippen LogP contribution in [0.4, 0.5) is 14.5 Å². The molecule has 1 fully saturated rings.